The molecule has 0 saturated carbocycles. The van der Waals surface area contributed by atoms with Crippen molar-refractivity contribution in [2.75, 3.05) is 0 Å². The van der Waals surface area contributed by atoms with Gasteiger partial charge in [0.15, 0.2) is 6.17 Å². The predicted octanol–water partition coefficient (Wildman–Crippen LogP) is 0.738. The summed E-state index contributed by atoms with van der Waals surface area (Å²) in [6, 6.07) is 0.729. The third-order valence-corrected chi connectivity index (χ3v) is 1.81. The summed E-state index contributed by atoms with van der Waals surface area (Å²) in [6.45, 7) is 0. The third kappa shape index (κ3) is 2.03. The Bertz CT molecular complexity index is 422. The number of hydroxylamine groups is 1. The minimum atomic E-state index is -4.55. The molecule has 86 valence electrons. The molecule has 6 nitrogen and oxygen atoms in total. The molecule has 1 atom stereocenters. The lowest BCUT2D eigenvalue weighted by Gasteiger charge is -2.09. The lowest BCUT2D eigenvalue weighted by Crippen LogP contribution is -2.24. The molecule has 2 heterocycles. The molecule has 1 aromatic rings. The second-order valence-corrected chi connectivity index (χ2v) is 2.91. The van der Waals surface area contributed by atoms with Crippen LogP contribution in [-0.2, 0) is 11.0 Å². The molecule has 16 heavy (non-hydrogen) atoms. The maximum atomic E-state index is 12.3. The first-order chi connectivity index (χ1) is 7.47. The number of aromatic nitrogens is 2. The van der Waals surface area contributed by atoms with Gasteiger partial charge in [-0.3, -0.25) is 5.32 Å². The van der Waals surface area contributed by atoms with Gasteiger partial charge >= 0.3 is 12.3 Å². The number of hydrogen-bond donors (Lipinski definition) is 2. The topological polar surface area (TPSA) is 76.1 Å². The SMILES string of the molecule is O=C1NC(c2cc(C(F)(F)F)ncn2)NO1. The van der Waals surface area contributed by atoms with Gasteiger partial charge in [0.05, 0.1) is 5.69 Å². The van der Waals surface area contributed by atoms with Crippen LogP contribution >= 0.6 is 0 Å². The Labute approximate surface area is 86.8 Å². The monoisotopic (exact) mass is 234 g/mol. The Balaban J connectivity index is 2.26. The average molecular weight is 234 g/mol. The summed E-state index contributed by atoms with van der Waals surface area (Å²) in [4.78, 5) is 21.6. The highest BCUT2D eigenvalue weighted by Crippen LogP contribution is 2.28. The van der Waals surface area contributed by atoms with Gasteiger partial charge in [-0.2, -0.15) is 13.2 Å². The maximum Gasteiger partial charge on any atom is 0.433 e. The van der Waals surface area contributed by atoms with Crippen LogP contribution in [0.15, 0.2) is 12.4 Å². The van der Waals surface area contributed by atoms with Crippen LogP contribution in [0.4, 0.5) is 18.0 Å². The second-order valence-electron chi connectivity index (χ2n) is 2.91. The highest BCUT2D eigenvalue weighted by molar-refractivity contribution is 5.69. The van der Waals surface area contributed by atoms with Crippen molar-refractivity contribution in [3.05, 3.63) is 23.8 Å². The molecule has 1 saturated heterocycles. The first-order valence-corrected chi connectivity index (χ1v) is 4.09. The van der Waals surface area contributed by atoms with Gasteiger partial charge in [-0.15, -0.1) is 5.48 Å². The highest BCUT2D eigenvalue weighted by atomic mass is 19.4. The van der Waals surface area contributed by atoms with Crippen LogP contribution in [0.25, 0.3) is 0 Å². The number of nitrogens with zero attached hydrogens (tertiary/aromatic N) is 2. The van der Waals surface area contributed by atoms with Crippen molar-refractivity contribution in [3.8, 4) is 0 Å². The summed E-state index contributed by atoms with van der Waals surface area (Å²) in [5.74, 6) is 0. The molecular weight excluding hydrogens is 229 g/mol. The van der Waals surface area contributed by atoms with Gasteiger partial charge in [-0.25, -0.2) is 14.8 Å². The van der Waals surface area contributed by atoms with E-state index in [1.165, 1.54) is 0 Å². The second kappa shape index (κ2) is 3.59. The van der Waals surface area contributed by atoms with Crippen LogP contribution < -0.4 is 10.8 Å². The summed E-state index contributed by atoms with van der Waals surface area (Å²) in [5.41, 5.74) is 1.07. The van der Waals surface area contributed by atoms with Gasteiger partial charge in [0.25, 0.3) is 0 Å². The molecule has 0 aromatic carbocycles. The molecule has 1 aliphatic heterocycles. The van der Waals surface area contributed by atoms with Crippen LogP contribution in [-0.4, -0.2) is 16.1 Å². The minimum Gasteiger partial charge on any atom is -0.351 e. The molecular formula is C7H5F3N4O2. The Morgan fingerprint density at radius 2 is 2.12 bits per heavy atom. The van der Waals surface area contributed by atoms with Crippen molar-refractivity contribution in [1.29, 1.82) is 0 Å². The molecule has 1 amide bonds. The predicted molar refractivity (Wildman–Crippen MR) is 42.5 cm³/mol. The van der Waals surface area contributed by atoms with Crippen LogP contribution in [0.1, 0.15) is 17.6 Å². The Morgan fingerprint density at radius 1 is 1.38 bits per heavy atom. The standard InChI is InChI=1S/C7H5F3N4O2/c8-7(9,10)4-1-3(11-2-12-4)5-13-6(15)16-14-5/h1-2,5,14H,(H,13,15). The molecule has 2 rings (SSSR count). The fourth-order valence-electron chi connectivity index (χ4n) is 1.11. The maximum absolute atomic E-state index is 12.3. The van der Waals surface area contributed by atoms with E-state index in [1.807, 2.05) is 0 Å². The van der Waals surface area contributed by atoms with Crippen LogP contribution in [0, 0.1) is 0 Å². The zero-order chi connectivity index (χ0) is 11.8. The fraction of sp³-hybridized carbons (Fsp3) is 0.286. The molecule has 1 fully saturated rings. The average Bonchev–Trinajstić information content (AvgIpc) is 2.64. The van der Waals surface area contributed by atoms with Gasteiger partial charge in [0.2, 0.25) is 0 Å². The number of hydrogen-bond acceptors (Lipinski definition) is 5. The highest BCUT2D eigenvalue weighted by Gasteiger charge is 2.34. The van der Waals surface area contributed by atoms with E-state index in [1.54, 1.807) is 0 Å². The van der Waals surface area contributed by atoms with E-state index in [9.17, 15) is 18.0 Å². The third-order valence-electron chi connectivity index (χ3n) is 1.81. The van der Waals surface area contributed by atoms with Gasteiger partial charge < -0.3 is 4.84 Å². The number of amides is 1. The zero-order valence-electron chi connectivity index (χ0n) is 7.58. The summed E-state index contributed by atoms with van der Waals surface area (Å²) in [6.07, 6.45) is -5.47. The fourth-order valence-corrected chi connectivity index (χ4v) is 1.11. The molecule has 1 unspecified atom stereocenters. The molecule has 1 aromatic heterocycles. The van der Waals surface area contributed by atoms with E-state index in [0.717, 1.165) is 12.4 Å². The van der Waals surface area contributed by atoms with Crippen LogP contribution in [0.2, 0.25) is 0 Å². The number of carbonyl (C=O) groups excluding carboxylic acids is 1. The summed E-state index contributed by atoms with van der Waals surface area (Å²) in [5, 5.41) is 2.22. The van der Waals surface area contributed by atoms with Crippen molar-refractivity contribution >= 4 is 6.09 Å². The zero-order valence-corrected chi connectivity index (χ0v) is 7.58. The first kappa shape index (κ1) is 10.6. The molecule has 0 spiro atoms. The molecule has 0 radical (unpaired) electrons. The van der Waals surface area contributed by atoms with Crippen LogP contribution in [0.3, 0.4) is 0 Å². The van der Waals surface area contributed by atoms with Crippen molar-refractivity contribution in [2.45, 2.75) is 12.3 Å². The number of alkyl halides is 3. The van der Waals surface area contributed by atoms with Crippen molar-refractivity contribution in [3.63, 3.8) is 0 Å². The smallest absolute Gasteiger partial charge is 0.351 e. The minimum absolute atomic E-state index is 0.0341. The van der Waals surface area contributed by atoms with E-state index in [4.69, 9.17) is 0 Å². The lowest BCUT2D eigenvalue weighted by atomic mass is 10.3. The van der Waals surface area contributed by atoms with E-state index in [2.05, 4.69) is 25.6 Å². The largest absolute Gasteiger partial charge is 0.433 e. The Morgan fingerprint density at radius 3 is 2.69 bits per heavy atom. The van der Waals surface area contributed by atoms with Crippen molar-refractivity contribution < 1.29 is 22.8 Å². The van der Waals surface area contributed by atoms with E-state index in [0.29, 0.717) is 0 Å². The molecule has 9 heteroatoms. The van der Waals surface area contributed by atoms with E-state index in [-0.39, 0.29) is 5.69 Å². The van der Waals surface area contributed by atoms with E-state index < -0.39 is 24.1 Å². The molecule has 1 aliphatic rings. The Hall–Kier alpha value is -1.90. The van der Waals surface area contributed by atoms with E-state index >= 15 is 0 Å². The molecule has 0 bridgehead atoms. The van der Waals surface area contributed by atoms with Gasteiger partial charge in [-0.1, -0.05) is 0 Å². The van der Waals surface area contributed by atoms with Crippen LogP contribution in [0.5, 0.6) is 0 Å². The van der Waals surface area contributed by atoms with Crippen molar-refractivity contribution in [2.24, 2.45) is 0 Å². The number of nitrogens with one attached hydrogen (secondary N) is 2. The summed E-state index contributed by atoms with van der Waals surface area (Å²) < 4.78 is 36.9. The van der Waals surface area contributed by atoms with Gasteiger partial charge in [0.1, 0.15) is 12.0 Å². The number of rotatable bonds is 1. The normalized spacial score (nSPS) is 20.4. The summed E-state index contributed by atoms with van der Waals surface area (Å²) in [7, 11) is 0. The number of carbonyl (C=O) groups is 1. The Kier molecular flexibility index (Phi) is 2.38. The molecule has 2 N–H and O–H groups in total. The molecule has 0 aliphatic carbocycles. The van der Waals surface area contributed by atoms with Crippen molar-refractivity contribution in [1.82, 2.24) is 20.8 Å². The lowest BCUT2D eigenvalue weighted by molar-refractivity contribution is -0.141. The number of halogens is 3. The quantitative estimate of drug-likeness (QED) is 0.749. The summed E-state index contributed by atoms with van der Waals surface area (Å²) >= 11 is 0. The first-order valence-electron chi connectivity index (χ1n) is 4.09. The van der Waals surface area contributed by atoms with Gasteiger partial charge in [0, 0.05) is 0 Å². The van der Waals surface area contributed by atoms with Gasteiger partial charge in [-0.05, 0) is 6.07 Å².